The van der Waals surface area contributed by atoms with Crippen LogP contribution in [0.15, 0.2) is 73.3 Å². The molecule has 4 aromatic rings. The van der Waals surface area contributed by atoms with E-state index in [-0.39, 0.29) is 5.91 Å². The summed E-state index contributed by atoms with van der Waals surface area (Å²) in [6.07, 6.45) is 18.1. The minimum Gasteiger partial charge on any atom is -0.339 e. The molecule has 2 aromatic carbocycles. The second-order valence-electron chi connectivity index (χ2n) is 13.8. The van der Waals surface area contributed by atoms with E-state index < -0.39 is 0 Å². The summed E-state index contributed by atoms with van der Waals surface area (Å²) in [5, 5.41) is 6.88. The molecule has 216 valence electrons. The quantitative estimate of drug-likeness (QED) is 0.259. The molecule has 3 heterocycles. The third-order valence-corrected chi connectivity index (χ3v) is 11.0. The van der Waals surface area contributed by atoms with Gasteiger partial charge in [0.15, 0.2) is 0 Å². The van der Waals surface area contributed by atoms with E-state index in [1.165, 1.54) is 56.9 Å². The number of amides is 1. The Morgan fingerprint density at radius 3 is 2.21 bits per heavy atom. The number of benzene rings is 2. The molecule has 0 spiro atoms. The van der Waals surface area contributed by atoms with E-state index in [1.54, 1.807) is 4.68 Å². The Kier molecular flexibility index (Phi) is 6.62. The number of carbonyl (C=O) groups is 1. The van der Waals surface area contributed by atoms with Crippen LogP contribution in [0.3, 0.4) is 0 Å². The minimum atomic E-state index is 0.171. The number of nitrogens with zero attached hydrogens (tertiary/aromatic N) is 5. The summed E-state index contributed by atoms with van der Waals surface area (Å²) in [7, 11) is 0. The number of fused-ring (bicyclic) bond motifs is 1. The number of aromatic nitrogens is 3. The molecule has 4 saturated carbocycles. The van der Waals surface area contributed by atoms with Gasteiger partial charge in [-0.15, -0.1) is 0 Å². The zero-order chi connectivity index (χ0) is 28.1. The van der Waals surface area contributed by atoms with Gasteiger partial charge in [-0.05, 0) is 91.2 Å². The molecule has 5 fully saturated rings. The summed E-state index contributed by atoms with van der Waals surface area (Å²) < 4.78 is 1.79. The van der Waals surface area contributed by atoms with Crippen molar-refractivity contribution in [1.29, 1.82) is 0 Å². The number of piperazine rings is 1. The molecular weight excluding hydrogens is 518 g/mol. The SMILES string of the molecule is O=C(Cn1cc(-c2ccc(-c3cncc4ccccc34)cc2)cn1)N1CCN(CCC23CC4CC(CC(C4)C2)C3)CC1. The largest absolute Gasteiger partial charge is 0.339 e. The smallest absolute Gasteiger partial charge is 0.244 e. The van der Waals surface area contributed by atoms with Crippen molar-refractivity contribution >= 4 is 16.7 Å². The first kappa shape index (κ1) is 26.1. The third kappa shape index (κ3) is 5.04. The minimum absolute atomic E-state index is 0.171. The molecule has 0 unspecified atom stereocenters. The fraction of sp³-hybridized carbons (Fsp3) is 0.472. The molecule has 4 bridgehead atoms. The molecule has 5 aliphatic rings. The first-order valence-corrected chi connectivity index (χ1v) is 16.1. The summed E-state index contributed by atoms with van der Waals surface area (Å²) in [6, 6.07) is 16.9. The van der Waals surface area contributed by atoms with Gasteiger partial charge >= 0.3 is 0 Å². The third-order valence-electron chi connectivity index (χ3n) is 11.0. The fourth-order valence-corrected chi connectivity index (χ4v) is 9.24. The van der Waals surface area contributed by atoms with Crippen LogP contribution in [0.4, 0.5) is 0 Å². The molecule has 4 aliphatic carbocycles. The maximum atomic E-state index is 13.2. The van der Waals surface area contributed by atoms with Crippen molar-refractivity contribution in [2.75, 3.05) is 32.7 Å². The maximum absolute atomic E-state index is 13.2. The summed E-state index contributed by atoms with van der Waals surface area (Å²) in [6.45, 7) is 5.18. The number of rotatable bonds is 7. The number of pyridine rings is 1. The predicted molar refractivity (Wildman–Crippen MR) is 167 cm³/mol. The van der Waals surface area contributed by atoms with E-state index in [4.69, 9.17) is 0 Å². The molecule has 1 amide bonds. The highest BCUT2D eigenvalue weighted by molar-refractivity contribution is 5.95. The molecule has 1 aliphatic heterocycles. The zero-order valence-corrected chi connectivity index (χ0v) is 24.5. The number of hydrogen-bond acceptors (Lipinski definition) is 4. The monoisotopic (exact) mass is 559 g/mol. The molecule has 2 aromatic heterocycles. The molecule has 1 saturated heterocycles. The second kappa shape index (κ2) is 10.6. The summed E-state index contributed by atoms with van der Waals surface area (Å²) in [5.41, 5.74) is 5.04. The molecular formula is C36H41N5O. The Bertz CT molecular complexity index is 1540. The number of hydrogen-bond donors (Lipinski definition) is 0. The average molecular weight is 560 g/mol. The highest BCUT2D eigenvalue weighted by Crippen LogP contribution is 2.61. The van der Waals surface area contributed by atoms with Crippen LogP contribution in [0.5, 0.6) is 0 Å². The molecule has 0 atom stereocenters. The van der Waals surface area contributed by atoms with Gasteiger partial charge in [-0.3, -0.25) is 19.4 Å². The van der Waals surface area contributed by atoms with Gasteiger partial charge in [0.2, 0.25) is 5.91 Å². The highest BCUT2D eigenvalue weighted by atomic mass is 16.2. The van der Waals surface area contributed by atoms with Gasteiger partial charge in [0.05, 0.1) is 6.20 Å². The lowest BCUT2D eigenvalue weighted by atomic mass is 9.49. The number of carbonyl (C=O) groups excluding carboxylic acids is 1. The average Bonchev–Trinajstić information content (AvgIpc) is 3.48. The van der Waals surface area contributed by atoms with Crippen molar-refractivity contribution in [2.45, 2.75) is 51.5 Å². The molecule has 42 heavy (non-hydrogen) atoms. The molecule has 6 heteroatoms. The first-order chi connectivity index (χ1) is 20.6. The van der Waals surface area contributed by atoms with Gasteiger partial charge in [0, 0.05) is 61.3 Å². The van der Waals surface area contributed by atoms with E-state index in [2.05, 4.69) is 57.4 Å². The van der Waals surface area contributed by atoms with Crippen LogP contribution in [0.25, 0.3) is 33.0 Å². The Morgan fingerprint density at radius 2 is 1.48 bits per heavy atom. The van der Waals surface area contributed by atoms with E-state index >= 15 is 0 Å². The van der Waals surface area contributed by atoms with Crippen LogP contribution < -0.4 is 0 Å². The van der Waals surface area contributed by atoms with Crippen molar-refractivity contribution in [3.8, 4) is 22.3 Å². The van der Waals surface area contributed by atoms with Gasteiger partial charge in [-0.1, -0.05) is 48.5 Å². The van der Waals surface area contributed by atoms with Crippen LogP contribution in [0, 0.1) is 23.2 Å². The van der Waals surface area contributed by atoms with E-state index in [1.807, 2.05) is 35.8 Å². The van der Waals surface area contributed by atoms with Gasteiger partial charge < -0.3 is 4.90 Å². The van der Waals surface area contributed by atoms with E-state index in [0.29, 0.717) is 12.0 Å². The zero-order valence-electron chi connectivity index (χ0n) is 24.5. The van der Waals surface area contributed by atoms with Gasteiger partial charge in [-0.2, -0.15) is 5.10 Å². The summed E-state index contributed by atoms with van der Waals surface area (Å²) in [5.74, 6) is 3.26. The Hall–Kier alpha value is -3.51. The van der Waals surface area contributed by atoms with Crippen LogP contribution in [-0.4, -0.2) is 63.2 Å². The van der Waals surface area contributed by atoms with Crippen molar-refractivity contribution in [1.82, 2.24) is 24.6 Å². The topological polar surface area (TPSA) is 54.3 Å². The molecule has 0 N–H and O–H groups in total. The van der Waals surface area contributed by atoms with E-state index in [0.717, 1.165) is 71.6 Å². The molecule has 6 nitrogen and oxygen atoms in total. The summed E-state index contributed by atoms with van der Waals surface area (Å²) >= 11 is 0. The van der Waals surface area contributed by atoms with Crippen molar-refractivity contribution < 1.29 is 4.79 Å². The van der Waals surface area contributed by atoms with Gasteiger partial charge in [-0.25, -0.2) is 0 Å². The maximum Gasteiger partial charge on any atom is 0.244 e. The van der Waals surface area contributed by atoms with Crippen LogP contribution in [0.1, 0.15) is 44.9 Å². The Balaban J connectivity index is 0.848. The van der Waals surface area contributed by atoms with Crippen molar-refractivity contribution in [2.24, 2.45) is 23.2 Å². The van der Waals surface area contributed by atoms with Crippen molar-refractivity contribution in [3.05, 3.63) is 73.3 Å². The van der Waals surface area contributed by atoms with Crippen LogP contribution in [-0.2, 0) is 11.3 Å². The van der Waals surface area contributed by atoms with Crippen LogP contribution in [0.2, 0.25) is 0 Å². The normalized spacial score (nSPS) is 27.1. The standard InChI is InChI=1S/C36H41N5O/c42-35(40-13-11-39(12-14-40)10-9-36-18-26-15-27(19-36)17-28(16-26)20-36)25-41-24-32(22-38-41)29-5-7-30(8-6-29)34-23-37-21-31-3-1-2-4-33(31)34/h1-8,21-24,26-28H,9-20,25H2. The van der Waals surface area contributed by atoms with Gasteiger partial charge in [0.1, 0.15) is 6.54 Å². The Morgan fingerprint density at radius 1 is 0.786 bits per heavy atom. The van der Waals surface area contributed by atoms with Crippen LogP contribution >= 0.6 is 0 Å². The summed E-state index contributed by atoms with van der Waals surface area (Å²) in [4.78, 5) is 22.2. The first-order valence-electron chi connectivity index (χ1n) is 16.1. The lowest BCUT2D eigenvalue weighted by molar-refractivity contribution is -0.134. The predicted octanol–water partition coefficient (Wildman–Crippen LogP) is 6.52. The van der Waals surface area contributed by atoms with Crippen molar-refractivity contribution in [3.63, 3.8) is 0 Å². The lowest BCUT2D eigenvalue weighted by Gasteiger charge is -2.57. The lowest BCUT2D eigenvalue weighted by Crippen LogP contribution is -2.51. The van der Waals surface area contributed by atoms with Gasteiger partial charge in [0.25, 0.3) is 0 Å². The molecule has 0 radical (unpaired) electrons. The Labute approximate surface area is 248 Å². The van der Waals surface area contributed by atoms with E-state index in [9.17, 15) is 4.79 Å². The second-order valence-corrected chi connectivity index (χ2v) is 13.8. The highest BCUT2D eigenvalue weighted by Gasteiger charge is 2.50. The molecule has 9 rings (SSSR count). The fourth-order valence-electron chi connectivity index (χ4n) is 9.24.